The van der Waals surface area contributed by atoms with Gasteiger partial charge in [-0.05, 0) is 38.2 Å². The zero-order chi connectivity index (χ0) is 19.8. The van der Waals surface area contributed by atoms with E-state index in [1.165, 1.54) is 5.56 Å². The molecule has 0 radical (unpaired) electrons. The first kappa shape index (κ1) is 20.6. The van der Waals surface area contributed by atoms with Crippen molar-refractivity contribution < 1.29 is 14.3 Å². The van der Waals surface area contributed by atoms with Gasteiger partial charge in [0.1, 0.15) is 0 Å². The first-order valence-corrected chi connectivity index (χ1v) is 10.4. The van der Waals surface area contributed by atoms with E-state index in [4.69, 9.17) is 9.47 Å². The summed E-state index contributed by atoms with van der Waals surface area (Å²) in [6, 6.07) is 10.7. The lowest BCUT2D eigenvalue weighted by Crippen LogP contribution is -2.51. The Hall–Kier alpha value is -2.08. The molecule has 0 atom stereocenters. The molecule has 2 saturated heterocycles. The quantitative estimate of drug-likeness (QED) is 0.478. The number of esters is 1. The first-order chi connectivity index (χ1) is 13.7. The van der Waals surface area contributed by atoms with Gasteiger partial charge in [-0.25, -0.2) is 0 Å². The molecular formula is C22H33N3O3. The molecule has 0 spiro atoms. The predicted octanol–water partition coefficient (Wildman–Crippen LogP) is 2.59. The van der Waals surface area contributed by atoms with E-state index >= 15 is 0 Å². The lowest BCUT2D eigenvalue weighted by Gasteiger charge is -2.40. The number of hydrogen-bond donors (Lipinski definition) is 1. The van der Waals surface area contributed by atoms with Crippen molar-refractivity contribution in [3.8, 4) is 0 Å². The summed E-state index contributed by atoms with van der Waals surface area (Å²) in [4.78, 5) is 18.7. The molecule has 1 aromatic rings. The molecule has 154 valence electrons. The maximum absolute atomic E-state index is 12.0. The van der Waals surface area contributed by atoms with E-state index < -0.39 is 0 Å². The van der Waals surface area contributed by atoms with Gasteiger partial charge in [0.05, 0.1) is 12.5 Å². The highest BCUT2D eigenvalue weighted by atomic mass is 16.5. The summed E-state index contributed by atoms with van der Waals surface area (Å²) in [7, 11) is 1.83. The normalized spacial score (nSPS) is 20.6. The lowest BCUT2D eigenvalue weighted by molar-refractivity contribution is -0.149. The smallest absolute Gasteiger partial charge is 0.309 e. The van der Waals surface area contributed by atoms with Crippen molar-refractivity contribution in [2.75, 3.05) is 46.5 Å². The van der Waals surface area contributed by atoms with E-state index in [9.17, 15) is 4.79 Å². The fourth-order valence-corrected chi connectivity index (χ4v) is 4.29. The highest BCUT2D eigenvalue weighted by Crippen LogP contribution is 2.34. The molecule has 6 heteroatoms. The second kappa shape index (κ2) is 9.92. The van der Waals surface area contributed by atoms with Crippen LogP contribution >= 0.6 is 0 Å². The van der Waals surface area contributed by atoms with E-state index in [2.05, 4.69) is 45.5 Å². The molecule has 3 rings (SSSR count). The third-order valence-corrected chi connectivity index (χ3v) is 6.05. The minimum Gasteiger partial charge on any atom is -0.466 e. The van der Waals surface area contributed by atoms with Gasteiger partial charge in [0.15, 0.2) is 5.96 Å². The number of carbonyl (C=O) groups is 1. The van der Waals surface area contributed by atoms with Crippen molar-refractivity contribution in [2.24, 2.45) is 10.9 Å². The van der Waals surface area contributed by atoms with Gasteiger partial charge in [0.25, 0.3) is 0 Å². The van der Waals surface area contributed by atoms with Gasteiger partial charge in [-0.3, -0.25) is 9.79 Å². The molecule has 2 heterocycles. The van der Waals surface area contributed by atoms with Crippen LogP contribution in [0.3, 0.4) is 0 Å². The van der Waals surface area contributed by atoms with Crippen LogP contribution in [-0.2, 0) is 19.7 Å². The highest BCUT2D eigenvalue weighted by Gasteiger charge is 2.35. The fraction of sp³-hybridized carbons (Fsp3) is 0.636. The predicted molar refractivity (Wildman–Crippen MR) is 110 cm³/mol. The summed E-state index contributed by atoms with van der Waals surface area (Å²) in [6.45, 7) is 6.38. The second-order valence-corrected chi connectivity index (χ2v) is 7.67. The number of aliphatic imine (C=N–C) groups is 1. The number of hydrogen-bond acceptors (Lipinski definition) is 4. The van der Waals surface area contributed by atoms with Crippen molar-refractivity contribution in [1.82, 2.24) is 10.2 Å². The standard InChI is InChI=1S/C22H33N3O3/c1-3-28-20(26)18-9-13-25(14-10-18)21(23-2)24-17-22(11-15-27-16-12-22)19-7-5-4-6-8-19/h4-8,18H,3,9-17H2,1-2H3,(H,23,24). The maximum atomic E-state index is 12.0. The number of piperidine rings is 1. The van der Waals surface area contributed by atoms with Crippen molar-refractivity contribution >= 4 is 11.9 Å². The van der Waals surface area contributed by atoms with Crippen LogP contribution in [-0.4, -0.2) is 63.3 Å². The molecule has 2 aliphatic heterocycles. The molecule has 6 nitrogen and oxygen atoms in total. The van der Waals surface area contributed by atoms with Gasteiger partial charge in [-0.1, -0.05) is 30.3 Å². The topological polar surface area (TPSA) is 63.2 Å². The molecule has 0 unspecified atom stereocenters. The summed E-state index contributed by atoms with van der Waals surface area (Å²) in [5.74, 6) is 0.875. The monoisotopic (exact) mass is 387 g/mol. The number of benzene rings is 1. The molecule has 0 aromatic heterocycles. The van der Waals surface area contributed by atoms with Crippen LogP contribution in [0.15, 0.2) is 35.3 Å². The average molecular weight is 388 g/mol. The highest BCUT2D eigenvalue weighted by molar-refractivity contribution is 5.80. The van der Waals surface area contributed by atoms with E-state index in [0.29, 0.717) is 6.61 Å². The largest absolute Gasteiger partial charge is 0.466 e. The van der Waals surface area contributed by atoms with E-state index in [1.54, 1.807) is 0 Å². The Balaban J connectivity index is 1.61. The third kappa shape index (κ3) is 4.85. The number of carbonyl (C=O) groups excluding carboxylic acids is 1. The fourth-order valence-electron chi connectivity index (χ4n) is 4.29. The Labute approximate surface area is 168 Å². The summed E-state index contributed by atoms with van der Waals surface area (Å²) in [5.41, 5.74) is 1.43. The Bertz CT molecular complexity index is 648. The minimum atomic E-state index is -0.0599. The first-order valence-electron chi connectivity index (χ1n) is 10.4. The number of guanidine groups is 1. The molecule has 1 aromatic carbocycles. The van der Waals surface area contributed by atoms with Crippen molar-refractivity contribution in [3.05, 3.63) is 35.9 Å². The number of nitrogens with one attached hydrogen (secondary N) is 1. The molecule has 0 aliphatic carbocycles. The average Bonchev–Trinajstić information content (AvgIpc) is 2.76. The van der Waals surface area contributed by atoms with E-state index in [0.717, 1.165) is 64.5 Å². The SMILES string of the molecule is CCOC(=O)C1CCN(C(=NC)NCC2(c3ccccc3)CCOCC2)CC1. The van der Waals surface area contributed by atoms with Gasteiger partial charge >= 0.3 is 5.97 Å². The van der Waals surface area contributed by atoms with Crippen LogP contribution in [0.1, 0.15) is 38.2 Å². The number of nitrogens with zero attached hydrogens (tertiary/aromatic N) is 2. The van der Waals surface area contributed by atoms with Crippen LogP contribution in [0, 0.1) is 5.92 Å². The number of ether oxygens (including phenoxy) is 2. The Morgan fingerprint density at radius 1 is 1.25 bits per heavy atom. The van der Waals surface area contributed by atoms with Gasteiger partial charge in [0, 0.05) is 45.3 Å². The summed E-state index contributed by atoms with van der Waals surface area (Å²) < 4.78 is 10.8. The summed E-state index contributed by atoms with van der Waals surface area (Å²) in [5, 5.41) is 3.62. The Kier molecular flexibility index (Phi) is 7.31. The van der Waals surface area contributed by atoms with Gasteiger partial charge in [-0.2, -0.15) is 0 Å². The summed E-state index contributed by atoms with van der Waals surface area (Å²) >= 11 is 0. The van der Waals surface area contributed by atoms with Crippen molar-refractivity contribution in [1.29, 1.82) is 0 Å². The molecule has 0 amide bonds. The summed E-state index contributed by atoms with van der Waals surface area (Å²) in [6.07, 6.45) is 3.65. The van der Waals surface area contributed by atoms with E-state index in [1.807, 2.05) is 14.0 Å². The van der Waals surface area contributed by atoms with Crippen molar-refractivity contribution in [3.63, 3.8) is 0 Å². The molecule has 0 bridgehead atoms. The van der Waals surface area contributed by atoms with Gasteiger partial charge in [0.2, 0.25) is 0 Å². The minimum absolute atomic E-state index is 0.0143. The molecule has 2 fully saturated rings. The zero-order valence-electron chi connectivity index (χ0n) is 17.2. The van der Waals surface area contributed by atoms with Gasteiger partial charge in [-0.15, -0.1) is 0 Å². The van der Waals surface area contributed by atoms with E-state index in [-0.39, 0.29) is 17.3 Å². The molecular weight excluding hydrogens is 354 g/mol. The van der Waals surface area contributed by atoms with Crippen LogP contribution < -0.4 is 5.32 Å². The molecule has 0 saturated carbocycles. The zero-order valence-corrected chi connectivity index (χ0v) is 17.2. The molecule has 28 heavy (non-hydrogen) atoms. The van der Waals surface area contributed by atoms with Crippen LogP contribution in [0.5, 0.6) is 0 Å². The Morgan fingerprint density at radius 2 is 1.93 bits per heavy atom. The number of likely N-dealkylation sites (tertiary alicyclic amines) is 1. The maximum Gasteiger partial charge on any atom is 0.309 e. The van der Waals surface area contributed by atoms with Crippen LogP contribution in [0.2, 0.25) is 0 Å². The molecule has 1 N–H and O–H groups in total. The van der Waals surface area contributed by atoms with Crippen LogP contribution in [0.25, 0.3) is 0 Å². The lowest BCUT2D eigenvalue weighted by atomic mass is 9.74. The molecule has 2 aliphatic rings. The third-order valence-electron chi connectivity index (χ3n) is 6.05. The second-order valence-electron chi connectivity index (χ2n) is 7.67. The number of rotatable bonds is 5. The van der Waals surface area contributed by atoms with Gasteiger partial charge < -0.3 is 19.7 Å². The van der Waals surface area contributed by atoms with Crippen molar-refractivity contribution in [2.45, 2.75) is 38.0 Å². The Morgan fingerprint density at radius 3 is 2.54 bits per heavy atom. The van der Waals surface area contributed by atoms with Crippen LogP contribution in [0.4, 0.5) is 0 Å².